The lowest BCUT2D eigenvalue weighted by molar-refractivity contribution is 0.0950. The monoisotopic (exact) mass is 307 g/mol. The molecule has 0 bridgehead atoms. The Balaban J connectivity index is 1.85. The van der Waals surface area contributed by atoms with Gasteiger partial charge < -0.3 is 10.1 Å². The number of pyridine rings is 2. The third-order valence-corrected chi connectivity index (χ3v) is 3.63. The standard InChI is InChI=1S/C18H17N3O2/c1-12-16(18(22)20-11-13-4-3-7-19-10-13)9-14-8-15(23-2)5-6-17(14)21-12/h3-10H,11H2,1-2H3,(H,20,22). The molecule has 0 fully saturated rings. The molecule has 0 saturated carbocycles. The Labute approximate surface area is 134 Å². The Morgan fingerprint density at radius 3 is 2.87 bits per heavy atom. The fourth-order valence-electron chi connectivity index (χ4n) is 2.39. The average molecular weight is 307 g/mol. The maximum absolute atomic E-state index is 12.4. The van der Waals surface area contributed by atoms with Crippen LogP contribution in [0.4, 0.5) is 0 Å². The average Bonchev–Trinajstić information content (AvgIpc) is 2.59. The molecule has 0 atom stereocenters. The van der Waals surface area contributed by atoms with Crippen molar-refractivity contribution in [2.45, 2.75) is 13.5 Å². The first kappa shape index (κ1) is 15.0. The van der Waals surface area contributed by atoms with Crippen LogP contribution < -0.4 is 10.1 Å². The molecule has 3 aromatic rings. The number of amides is 1. The number of carbonyl (C=O) groups excluding carboxylic acids is 1. The second-order valence-corrected chi connectivity index (χ2v) is 5.22. The van der Waals surface area contributed by atoms with Crippen LogP contribution in [0.1, 0.15) is 21.6 Å². The van der Waals surface area contributed by atoms with Crippen LogP contribution in [-0.4, -0.2) is 23.0 Å². The molecule has 0 aliphatic carbocycles. The Bertz CT molecular complexity index is 848. The van der Waals surface area contributed by atoms with Crippen molar-refractivity contribution in [3.63, 3.8) is 0 Å². The van der Waals surface area contributed by atoms with Gasteiger partial charge >= 0.3 is 0 Å². The summed E-state index contributed by atoms with van der Waals surface area (Å²) in [7, 11) is 1.62. The molecule has 0 aliphatic heterocycles. The molecule has 0 saturated heterocycles. The van der Waals surface area contributed by atoms with Gasteiger partial charge in [0.1, 0.15) is 5.75 Å². The minimum Gasteiger partial charge on any atom is -0.497 e. The summed E-state index contributed by atoms with van der Waals surface area (Å²) in [5.41, 5.74) is 3.06. The molecule has 1 N–H and O–H groups in total. The quantitative estimate of drug-likeness (QED) is 0.805. The second-order valence-electron chi connectivity index (χ2n) is 5.22. The fourth-order valence-corrected chi connectivity index (χ4v) is 2.39. The van der Waals surface area contributed by atoms with Crippen molar-refractivity contribution >= 4 is 16.8 Å². The van der Waals surface area contributed by atoms with Crippen LogP contribution in [-0.2, 0) is 6.54 Å². The van der Waals surface area contributed by atoms with Crippen LogP contribution in [0.5, 0.6) is 5.75 Å². The molecule has 1 amide bonds. The number of hydrogen-bond acceptors (Lipinski definition) is 4. The first-order valence-corrected chi connectivity index (χ1v) is 7.30. The van der Waals surface area contributed by atoms with E-state index in [9.17, 15) is 4.79 Å². The lowest BCUT2D eigenvalue weighted by Gasteiger charge is -2.09. The van der Waals surface area contributed by atoms with E-state index in [1.54, 1.807) is 19.5 Å². The maximum Gasteiger partial charge on any atom is 0.253 e. The number of methoxy groups -OCH3 is 1. The summed E-state index contributed by atoms with van der Waals surface area (Å²) >= 11 is 0. The van der Waals surface area contributed by atoms with E-state index in [4.69, 9.17) is 4.74 Å². The fraction of sp³-hybridized carbons (Fsp3) is 0.167. The SMILES string of the molecule is COc1ccc2nc(C)c(C(=O)NCc3cccnc3)cc2c1. The van der Waals surface area contributed by atoms with Crippen molar-refractivity contribution in [2.24, 2.45) is 0 Å². The summed E-state index contributed by atoms with van der Waals surface area (Å²) in [6.07, 6.45) is 3.44. The van der Waals surface area contributed by atoms with Gasteiger partial charge in [-0.05, 0) is 42.8 Å². The van der Waals surface area contributed by atoms with Crippen LogP contribution in [0.15, 0.2) is 48.8 Å². The van der Waals surface area contributed by atoms with Crippen molar-refractivity contribution in [1.29, 1.82) is 0 Å². The van der Waals surface area contributed by atoms with E-state index in [2.05, 4.69) is 15.3 Å². The topological polar surface area (TPSA) is 64.1 Å². The predicted molar refractivity (Wildman–Crippen MR) is 88.4 cm³/mol. The number of nitrogens with one attached hydrogen (secondary N) is 1. The van der Waals surface area contributed by atoms with Gasteiger partial charge in [-0.15, -0.1) is 0 Å². The highest BCUT2D eigenvalue weighted by Gasteiger charge is 2.12. The van der Waals surface area contributed by atoms with E-state index >= 15 is 0 Å². The molecule has 5 heteroatoms. The maximum atomic E-state index is 12.4. The molecule has 2 aromatic heterocycles. The second kappa shape index (κ2) is 6.44. The van der Waals surface area contributed by atoms with Crippen LogP contribution >= 0.6 is 0 Å². The number of nitrogens with zero attached hydrogens (tertiary/aromatic N) is 2. The summed E-state index contributed by atoms with van der Waals surface area (Å²) < 4.78 is 5.22. The zero-order chi connectivity index (χ0) is 16.2. The molecule has 5 nitrogen and oxygen atoms in total. The summed E-state index contributed by atoms with van der Waals surface area (Å²) in [5, 5.41) is 3.78. The highest BCUT2D eigenvalue weighted by atomic mass is 16.5. The van der Waals surface area contributed by atoms with Crippen molar-refractivity contribution < 1.29 is 9.53 Å². The molecular weight excluding hydrogens is 290 g/mol. The van der Waals surface area contributed by atoms with E-state index in [1.807, 2.05) is 43.3 Å². The van der Waals surface area contributed by atoms with E-state index in [0.717, 1.165) is 22.2 Å². The Morgan fingerprint density at radius 2 is 2.13 bits per heavy atom. The van der Waals surface area contributed by atoms with Crippen molar-refractivity contribution in [1.82, 2.24) is 15.3 Å². The van der Waals surface area contributed by atoms with E-state index in [0.29, 0.717) is 17.8 Å². The summed E-state index contributed by atoms with van der Waals surface area (Å²) in [4.78, 5) is 21.0. The number of fused-ring (bicyclic) bond motifs is 1. The van der Waals surface area contributed by atoms with E-state index < -0.39 is 0 Å². The largest absolute Gasteiger partial charge is 0.497 e. The van der Waals surface area contributed by atoms with Crippen LogP contribution in [0.3, 0.4) is 0 Å². The normalized spacial score (nSPS) is 10.5. The molecule has 116 valence electrons. The van der Waals surface area contributed by atoms with Gasteiger partial charge in [-0.3, -0.25) is 14.8 Å². The van der Waals surface area contributed by atoms with Gasteiger partial charge in [0, 0.05) is 24.3 Å². The van der Waals surface area contributed by atoms with Gasteiger partial charge in [-0.2, -0.15) is 0 Å². The van der Waals surface area contributed by atoms with Gasteiger partial charge in [0.15, 0.2) is 0 Å². The Morgan fingerprint density at radius 1 is 1.26 bits per heavy atom. The van der Waals surface area contributed by atoms with Crippen LogP contribution in [0.25, 0.3) is 10.9 Å². The summed E-state index contributed by atoms with van der Waals surface area (Å²) in [6.45, 7) is 2.27. The number of aryl methyl sites for hydroxylation is 1. The smallest absolute Gasteiger partial charge is 0.253 e. The van der Waals surface area contributed by atoms with E-state index in [1.165, 1.54) is 0 Å². The third-order valence-electron chi connectivity index (χ3n) is 3.63. The number of aromatic nitrogens is 2. The Kier molecular flexibility index (Phi) is 4.19. The van der Waals surface area contributed by atoms with Crippen molar-refractivity contribution in [3.8, 4) is 5.75 Å². The molecule has 0 aliphatic rings. The number of rotatable bonds is 4. The van der Waals surface area contributed by atoms with Crippen molar-refractivity contribution in [3.05, 3.63) is 65.6 Å². The zero-order valence-electron chi connectivity index (χ0n) is 13.0. The summed E-state index contributed by atoms with van der Waals surface area (Å²) in [6, 6.07) is 11.2. The number of hydrogen-bond donors (Lipinski definition) is 1. The zero-order valence-corrected chi connectivity index (χ0v) is 13.0. The van der Waals surface area contributed by atoms with E-state index in [-0.39, 0.29) is 5.91 Å². The lowest BCUT2D eigenvalue weighted by atomic mass is 10.1. The van der Waals surface area contributed by atoms with Gasteiger partial charge in [-0.25, -0.2) is 0 Å². The number of carbonyl (C=O) groups is 1. The molecule has 2 heterocycles. The minimum absolute atomic E-state index is 0.149. The third kappa shape index (κ3) is 3.29. The molecule has 0 spiro atoms. The minimum atomic E-state index is -0.149. The Hall–Kier alpha value is -2.95. The van der Waals surface area contributed by atoms with Crippen LogP contribution in [0.2, 0.25) is 0 Å². The predicted octanol–water partition coefficient (Wildman–Crippen LogP) is 2.88. The number of benzene rings is 1. The summed E-state index contributed by atoms with van der Waals surface area (Å²) in [5.74, 6) is 0.591. The molecule has 0 unspecified atom stereocenters. The van der Waals surface area contributed by atoms with Gasteiger partial charge in [0.2, 0.25) is 0 Å². The van der Waals surface area contributed by atoms with Gasteiger partial charge in [-0.1, -0.05) is 6.07 Å². The van der Waals surface area contributed by atoms with Crippen molar-refractivity contribution in [2.75, 3.05) is 7.11 Å². The first-order chi connectivity index (χ1) is 11.2. The molecule has 3 rings (SSSR count). The van der Waals surface area contributed by atoms with Crippen LogP contribution in [0, 0.1) is 6.92 Å². The molecule has 23 heavy (non-hydrogen) atoms. The lowest BCUT2D eigenvalue weighted by Crippen LogP contribution is -2.24. The first-order valence-electron chi connectivity index (χ1n) is 7.30. The highest BCUT2D eigenvalue weighted by molar-refractivity contribution is 5.98. The molecule has 1 aromatic carbocycles. The van der Waals surface area contributed by atoms with Gasteiger partial charge in [0.05, 0.1) is 23.9 Å². The van der Waals surface area contributed by atoms with Gasteiger partial charge in [0.25, 0.3) is 5.91 Å². The molecular formula is C18H17N3O2. The molecule has 0 radical (unpaired) electrons. The highest BCUT2D eigenvalue weighted by Crippen LogP contribution is 2.21. The number of ether oxygens (including phenoxy) is 1.